The molecule has 1 aliphatic rings. The first kappa shape index (κ1) is 15.4. The van der Waals surface area contributed by atoms with Crippen molar-refractivity contribution in [1.29, 1.82) is 0 Å². The molecular formula is C14H29N3O. The lowest BCUT2D eigenvalue weighted by Crippen LogP contribution is -2.48. The first-order valence-electron chi connectivity index (χ1n) is 7.34. The van der Waals surface area contributed by atoms with E-state index in [9.17, 15) is 4.79 Å². The van der Waals surface area contributed by atoms with Gasteiger partial charge in [0.25, 0.3) is 0 Å². The second kappa shape index (κ2) is 8.48. The molecule has 1 aliphatic heterocycles. The van der Waals surface area contributed by atoms with Crippen LogP contribution >= 0.6 is 0 Å². The number of rotatable bonds is 7. The molecule has 1 unspecified atom stereocenters. The largest absolute Gasteiger partial charge is 0.346 e. The standard InChI is InChI=1S/C14H29N3O/c1-4-5-6-9-16(3)14(18)12-13(2)17-10-7-15-8-11-17/h13,15H,4-12H2,1-3H3. The summed E-state index contributed by atoms with van der Waals surface area (Å²) in [6, 6.07) is 0.369. The Bertz CT molecular complexity index is 239. The highest BCUT2D eigenvalue weighted by molar-refractivity contribution is 5.76. The van der Waals surface area contributed by atoms with E-state index >= 15 is 0 Å². The topological polar surface area (TPSA) is 35.6 Å². The van der Waals surface area contributed by atoms with E-state index < -0.39 is 0 Å². The Labute approximate surface area is 112 Å². The van der Waals surface area contributed by atoms with Crippen LogP contribution in [0, 0.1) is 0 Å². The molecular weight excluding hydrogens is 226 g/mol. The quantitative estimate of drug-likeness (QED) is 0.697. The van der Waals surface area contributed by atoms with Gasteiger partial charge < -0.3 is 10.2 Å². The highest BCUT2D eigenvalue weighted by Gasteiger charge is 2.20. The van der Waals surface area contributed by atoms with Crippen LogP contribution in [-0.4, -0.2) is 61.5 Å². The van der Waals surface area contributed by atoms with Crippen molar-refractivity contribution >= 4 is 5.91 Å². The molecule has 1 rings (SSSR count). The Kier molecular flexibility index (Phi) is 7.28. The van der Waals surface area contributed by atoms with Crippen molar-refractivity contribution in [2.75, 3.05) is 39.8 Å². The monoisotopic (exact) mass is 255 g/mol. The lowest BCUT2D eigenvalue weighted by Gasteiger charge is -2.33. The molecule has 0 aromatic heterocycles. The summed E-state index contributed by atoms with van der Waals surface area (Å²) in [6.07, 6.45) is 4.20. The summed E-state index contributed by atoms with van der Waals surface area (Å²) in [6.45, 7) is 9.48. The molecule has 0 bridgehead atoms. The van der Waals surface area contributed by atoms with Crippen molar-refractivity contribution in [2.45, 2.75) is 45.6 Å². The van der Waals surface area contributed by atoms with Crippen molar-refractivity contribution in [2.24, 2.45) is 0 Å². The minimum atomic E-state index is 0.289. The van der Waals surface area contributed by atoms with Crippen molar-refractivity contribution < 1.29 is 4.79 Å². The van der Waals surface area contributed by atoms with Gasteiger partial charge in [-0.1, -0.05) is 19.8 Å². The number of hydrogen-bond donors (Lipinski definition) is 1. The van der Waals surface area contributed by atoms with E-state index in [0.29, 0.717) is 12.5 Å². The van der Waals surface area contributed by atoms with E-state index in [0.717, 1.165) is 39.1 Å². The molecule has 4 nitrogen and oxygen atoms in total. The van der Waals surface area contributed by atoms with Gasteiger partial charge in [-0.05, 0) is 13.3 Å². The number of piperazine rings is 1. The van der Waals surface area contributed by atoms with Crippen LogP contribution in [0.25, 0.3) is 0 Å². The van der Waals surface area contributed by atoms with Gasteiger partial charge >= 0.3 is 0 Å². The van der Waals surface area contributed by atoms with Crippen LogP contribution in [0.2, 0.25) is 0 Å². The summed E-state index contributed by atoms with van der Waals surface area (Å²) in [5, 5.41) is 3.34. The lowest BCUT2D eigenvalue weighted by molar-refractivity contribution is -0.131. The molecule has 0 aromatic carbocycles. The second-order valence-corrected chi connectivity index (χ2v) is 5.36. The Hall–Kier alpha value is -0.610. The number of carbonyl (C=O) groups is 1. The third-order valence-electron chi connectivity index (χ3n) is 3.77. The summed E-state index contributed by atoms with van der Waals surface area (Å²) in [4.78, 5) is 16.4. The van der Waals surface area contributed by atoms with Gasteiger partial charge in [-0.3, -0.25) is 9.69 Å². The average molecular weight is 255 g/mol. The van der Waals surface area contributed by atoms with Gasteiger partial charge in [0, 0.05) is 52.2 Å². The van der Waals surface area contributed by atoms with Gasteiger partial charge in [-0.15, -0.1) is 0 Å². The Balaban J connectivity index is 2.24. The molecule has 0 spiro atoms. The summed E-state index contributed by atoms with van der Waals surface area (Å²) >= 11 is 0. The summed E-state index contributed by atoms with van der Waals surface area (Å²) in [7, 11) is 1.93. The van der Waals surface area contributed by atoms with E-state index in [2.05, 4.69) is 24.1 Å². The third kappa shape index (κ3) is 5.36. The molecule has 1 saturated heterocycles. The zero-order valence-corrected chi connectivity index (χ0v) is 12.2. The summed E-state index contributed by atoms with van der Waals surface area (Å²) in [5.41, 5.74) is 0. The van der Waals surface area contributed by atoms with E-state index in [1.165, 1.54) is 12.8 Å². The average Bonchev–Trinajstić information content (AvgIpc) is 2.39. The second-order valence-electron chi connectivity index (χ2n) is 5.36. The zero-order valence-electron chi connectivity index (χ0n) is 12.2. The predicted octanol–water partition coefficient (Wildman–Crippen LogP) is 1.32. The Morgan fingerprint density at radius 1 is 1.33 bits per heavy atom. The fourth-order valence-corrected chi connectivity index (χ4v) is 2.38. The third-order valence-corrected chi connectivity index (χ3v) is 3.77. The lowest BCUT2D eigenvalue weighted by atomic mass is 10.1. The molecule has 1 heterocycles. The van der Waals surface area contributed by atoms with Gasteiger partial charge in [-0.2, -0.15) is 0 Å². The highest BCUT2D eigenvalue weighted by Crippen LogP contribution is 2.07. The Morgan fingerprint density at radius 3 is 2.61 bits per heavy atom. The smallest absolute Gasteiger partial charge is 0.223 e. The van der Waals surface area contributed by atoms with Gasteiger partial charge in [0.15, 0.2) is 0 Å². The SMILES string of the molecule is CCCCCN(C)C(=O)CC(C)N1CCNCC1. The fourth-order valence-electron chi connectivity index (χ4n) is 2.38. The number of carbonyl (C=O) groups excluding carboxylic acids is 1. The van der Waals surface area contributed by atoms with Crippen LogP contribution in [-0.2, 0) is 4.79 Å². The van der Waals surface area contributed by atoms with Crippen LogP contribution in [0.5, 0.6) is 0 Å². The van der Waals surface area contributed by atoms with Crippen LogP contribution in [0.15, 0.2) is 0 Å². The maximum absolute atomic E-state index is 12.1. The van der Waals surface area contributed by atoms with Crippen molar-refractivity contribution in [3.8, 4) is 0 Å². The summed E-state index contributed by atoms with van der Waals surface area (Å²) < 4.78 is 0. The molecule has 1 fully saturated rings. The van der Waals surface area contributed by atoms with E-state index in [4.69, 9.17) is 0 Å². The minimum Gasteiger partial charge on any atom is -0.346 e. The first-order valence-corrected chi connectivity index (χ1v) is 7.34. The fraction of sp³-hybridized carbons (Fsp3) is 0.929. The van der Waals surface area contributed by atoms with Gasteiger partial charge in [0.05, 0.1) is 0 Å². The summed E-state index contributed by atoms with van der Waals surface area (Å²) in [5.74, 6) is 0.289. The Morgan fingerprint density at radius 2 is 2.00 bits per heavy atom. The minimum absolute atomic E-state index is 0.289. The van der Waals surface area contributed by atoms with Gasteiger partial charge in [0.1, 0.15) is 0 Å². The van der Waals surface area contributed by atoms with Crippen LogP contribution in [0.1, 0.15) is 39.5 Å². The molecule has 106 valence electrons. The number of hydrogen-bond acceptors (Lipinski definition) is 3. The first-order chi connectivity index (χ1) is 8.65. The maximum Gasteiger partial charge on any atom is 0.223 e. The molecule has 0 aromatic rings. The molecule has 1 N–H and O–H groups in total. The van der Waals surface area contributed by atoms with Crippen LogP contribution in [0.4, 0.5) is 0 Å². The van der Waals surface area contributed by atoms with E-state index in [-0.39, 0.29) is 5.91 Å². The van der Waals surface area contributed by atoms with Crippen molar-refractivity contribution in [3.63, 3.8) is 0 Å². The predicted molar refractivity (Wildman–Crippen MR) is 75.7 cm³/mol. The molecule has 0 saturated carbocycles. The van der Waals surface area contributed by atoms with Crippen molar-refractivity contribution in [1.82, 2.24) is 15.1 Å². The molecule has 0 radical (unpaired) electrons. The number of nitrogens with zero attached hydrogens (tertiary/aromatic N) is 2. The maximum atomic E-state index is 12.1. The number of nitrogens with one attached hydrogen (secondary N) is 1. The van der Waals surface area contributed by atoms with Gasteiger partial charge in [0.2, 0.25) is 5.91 Å². The van der Waals surface area contributed by atoms with Gasteiger partial charge in [-0.25, -0.2) is 0 Å². The van der Waals surface area contributed by atoms with Crippen LogP contribution < -0.4 is 5.32 Å². The molecule has 0 aliphatic carbocycles. The van der Waals surface area contributed by atoms with Crippen LogP contribution in [0.3, 0.4) is 0 Å². The zero-order chi connectivity index (χ0) is 13.4. The number of amides is 1. The highest BCUT2D eigenvalue weighted by atomic mass is 16.2. The molecule has 18 heavy (non-hydrogen) atoms. The number of unbranched alkanes of at least 4 members (excludes halogenated alkanes) is 2. The normalized spacial score (nSPS) is 18.6. The molecule has 1 amide bonds. The molecule has 1 atom stereocenters. The molecule has 4 heteroatoms. The van der Waals surface area contributed by atoms with Crippen molar-refractivity contribution in [3.05, 3.63) is 0 Å². The van der Waals surface area contributed by atoms with E-state index in [1.807, 2.05) is 11.9 Å². The van der Waals surface area contributed by atoms with E-state index in [1.54, 1.807) is 0 Å².